The lowest BCUT2D eigenvalue weighted by atomic mass is 9.86. The molecule has 2 rings (SSSR count). The van der Waals surface area contributed by atoms with Gasteiger partial charge in [0, 0.05) is 4.91 Å². The Morgan fingerprint density at radius 1 is 1.29 bits per heavy atom. The molecule has 1 aliphatic carbocycles. The molecular weight excluding hydrogens is 266 g/mol. The molecule has 1 saturated heterocycles. The summed E-state index contributed by atoms with van der Waals surface area (Å²) in [5.74, 6) is 0.737. The molecule has 0 amide bonds. The van der Waals surface area contributed by atoms with Crippen LogP contribution in [0.3, 0.4) is 0 Å². The van der Waals surface area contributed by atoms with Gasteiger partial charge in [-0.3, -0.25) is 4.79 Å². The fraction of sp³-hybridized carbons (Fsp3) is 0.938. The number of esters is 1. The van der Waals surface area contributed by atoms with Crippen molar-refractivity contribution in [3.63, 3.8) is 0 Å². The third kappa shape index (κ3) is 4.37. The Bertz CT molecular complexity index is 396. The van der Waals surface area contributed by atoms with E-state index in [0.29, 0.717) is 12.3 Å². The first-order chi connectivity index (χ1) is 10.1. The quantitative estimate of drug-likeness (QED) is 0.244. The second kappa shape index (κ2) is 7.69. The topological polar surface area (TPSA) is 75.1 Å². The van der Waals surface area contributed by atoms with Crippen molar-refractivity contribution in [2.75, 3.05) is 0 Å². The summed E-state index contributed by atoms with van der Waals surface area (Å²) in [5, 5.41) is 3.96. The minimum Gasteiger partial charge on any atom is -0.462 e. The van der Waals surface area contributed by atoms with Gasteiger partial charge in [0.05, 0.1) is 12.0 Å². The lowest BCUT2D eigenvalue weighted by Crippen LogP contribution is -2.26. The van der Waals surface area contributed by atoms with Crippen LogP contribution in [-0.2, 0) is 9.53 Å². The number of ether oxygens (including phenoxy) is 1. The second-order valence-electron chi connectivity index (χ2n) is 6.93. The third-order valence-electron chi connectivity index (χ3n) is 5.04. The number of carbonyl (C=O) groups excluding carboxylic acids is 1. The van der Waals surface area contributed by atoms with E-state index in [0.717, 1.165) is 6.42 Å². The maximum Gasteiger partial charge on any atom is 0.309 e. The molecular formula is C16H27N3O2. The highest BCUT2D eigenvalue weighted by Gasteiger charge is 2.40. The van der Waals surface area contributed by atoms with E-state index in [1.807, 2.05) is 13.8 Å². The van der Waals surface area contributed by atoms with Crippen molar-refractivity contribution >= 4 is 5.97 Å². The van der Waals surface area contributed by atoms with Crippen LogP contribution in [0.4, 0.5) is 0 Å². The Balaban J connectivity index is 1.98. The Morgan fingerprint density at radius 2 is 1.95 bits per heavy atom. The molecule has 0 spiro atoms. The molecule has 0 unspecified atom stereocenters. The Morgan fingerprint density at radius 3 is 2.48 bits per heavy atom. The highest BCUT2D eigenvalue weighted by molar-refractivity contribution is 5.75. The molecule has 1 saturated carbocycles. The summed E-state index contributed by atoms with van der Waals surface area (Å²) in [4.78, 5) is 14.9. The highest BCUT2D eigenvalue weighted by atomic mass is 16.6. The summed E-state index contributed by atoms with van der Waals surface area (Å²) in [6.07, 6.45) is 8.95. The smallest absolute Gasteiger partial charge is 0.309 e. The van der Waals surface area contributed by atoms with Crippen LogP contribution in [0.2, 0.25) is 0 Å². The number of rotatable bonds is 5. The van der Waals surface area contributed by atoms with Crippen molar-refractivity contribution < 1.29 is 9.53 Å². The van der Waals surface area contributed by atoms with Gasteiger partial charge in [0.15, 0.2) is 0 Å². The molecule has 5 nitrogen and oxygen atoms in total. The van der Waals surface area contributed by atoms with Gasteiger partial charge in [-0.15, -0.1) is 0 Å². The standard InChI is InChI=1S/C16H27N3O2/c1-11(2)13-10-15(21-16(13)20)14(18-19-17)9-12-7-5-3-4-6-8-12/h11-15H,3-10H2,1-2H3/t13-,14-,15-/m0/s1. The van der Waals surface area contributed by atoms with Crippen LogP contribution in [0.1, 0.15) is 65.2 Å². The van der Waals surface area contributed by atoms with Gasteiger partial charge < -0.3 is 4.74 Å². The van der Waals surface area contributed by atoms with E-state index in [4.69, 9.17) is 10.3 Å². The number of carbonyl (C=O) groups is 1. The van der Waals surface area contributed by atoms with Crippen LogP contribution >= 0.6 is 0 Å². The van der Waals surface area contributed by atoms with Crippen LogP contribution in [0.5, 0.6) is 0 Å². The highest BCUT2D eigenvalue weighted by Crippen LogP contribution is 2.34. The molecule has 2 aliphatic rings. The van der Waals surface area contributed by atoms with Gasteiger partial charge in [0.1, 0.15) is 6.10 Å². The fourth-order valence-corrected chi connectivity index (χ4v) is 3.69. The van der Waals surface area contributed by atoms with Crippen LogP contribution in [0.25, 0.3) is 10.4 Å². The van der Waals surface area contributed by atoms with Gasteiger partial charge >= 0.3 is 5.97 Å². The maximum atomic E-state index is 11.9. The first-order valence-corrected chi connectivity index (χ1v) is 8.36. The zero-order valence-electron chi connectivity index (χ0n) is 13.2. The molecule has 1 aliphatic heterocycles. The molecule has 2 fully saturated rings. The van der Waals surface area contributed by atoms with Crippen LogP contribution in [-0.4, -0.2) is 18.1 Å². The van der Waals surface area contributed by atoms with Crippen molar-refractivity contribution in [3.05, 3.63) is 10.4 Å². The normalized spacial score (nSPS) is 28.8. The second-order valence-corrected chi connectivity index (χ2v) is 6.93. The minimum atomic E-state index is -0.218. The average molecular weight is 293 g/mol. The largest absolute Gasteiger partial charge is 0.462 e. The minimum absolute atomic E-state index is 0.0412. The summed E-state index contributed by atoms with van der Waals surface area (Å²) in [5.41, 5.74) is 8.84. The fourth-order valence-electron chi connectivity index (χ4n) is 3.69. The van der Waals surface area contributed by atoms with E-state index in [1.54, 1.807) is 0 Å². The number of nitrogens with zero attached hydrogens (tertiary/aromatic N) is 3. The van der Waals surface area contributed by atoms with E-state index < -0.39 is 0 Å². The molecule has 0 aromatic carbocycles. The number of azide groups is 1. The van der Waals surface area contributed by atoms with Crippen molar-refractivity contribution in [1.29, 1.82) is 0 Å². The monoisotopic (exact) mass is 293 g/mol. The Hall–Kier alpha value is -1.22. The van der Waals surface area contributed by atoms with E-state index >= 15 is 0 Å². The third-order valence-corrected chi connectivity index (χ3v) is 5.04. The molecule has 5 heteroatoms. The molecule has 1 heterocycles. The van der Waals surface area contributed by atoms with E-state index in [9.17, 15) is 4.79 Å². The average Bonchev–Trinajstić information content (AvgIpc) is 2.67. The summed E-state index contributed by atoms with van der Waals surface area (Å²) in [7, 11) is 0. The summed E-state index contributed by atoms with van der Waals surface area (Å²) in [6, 6.07) is -0.189. The molecule has 0 aromatic heterocycles. The van der Waals surface area contributed by atoms with Gasteiger partial charge in [-0.1, -0.05) is 57.5 Å². The van der Waals surface area contributed by atoms with E-state index in [2.05, 4.69) is 10.0 Å². The van der Waals surface area contributed by atoms with Gasteiger partial charge in [-0.2, -0.15) is 0 Å². The van der Waals surface area contributed by atoms with Crippen LogP contribution in [0, 0.1) is 17.8 Å². The van der Waals surface area contributed by atoms with Gasteiger partial charge in [-0.25, -0.2) is 0 Å². The zero-order chi connectivity index (χ0) is 15.2. The van der Waals surface area contributed by atoms with Crippen molar-refractivity contribution in [2.45, 2.75) is 77.4 Å². The van der Waals surface area contributed by atoms with Gasteiger partial charge in [0.25, 0.3) is 0 Å². The van der Waals surface area contributed by atoms with Crippen molar-refractivity contribution in [3.8, 4) is 0 Å². The lowest BCUT2D eigenvalue weighted by Gasteiger charge is -2.23. The van der Waals surface area contributed by atoms with E-state index in [1.165, 1.54) is 38.5 Å². The molecule has 0 radical (unpaired) electrons. The molecule has 0 aromatic rings. The predicted molar refractivity (Wildman–Crippen MR) is 81.6 cm³/mol. The molecule has 0 bridgehead atoms. The molecule has 21 heavy (non-hydrogen) atoms. The maximum absolute atomic E-state index is 11.9. The molecule has 0 N–H and O–H groups in total. The Kier molecular flexibility index (Phi) is 5.92. The first kappa shape index (κ1) is 16.2. The van der Waals surface area contributed by atoms with Crippen molar-refractivity contribution in [1.82, 2.24) is 0 Å². The lowest BCUT2D eigenvalue weighted by molar-refractivity contribution is -0.145. The SMILES string of the molecule is CC(C)[C@@H]1C[C@@H]([C@H](CC2CCCCCC2)N=[N+]=[N-])OC1=O. The van der Waals surface area contributed by atoms with E-state index in [-0.39, 0.29) is 30.0 Å². The number of hydrogen-bond donors (Lipinski definition) is 0. The van der Waals surface area contributed by atoms with Crippen LogP contribution in [0.15, 0.2) is 5.11 Å². The van der Waals surface area contributed by atoms with Crippen LogP contribution < -0.4 is 0 Å². The molecule has 118 valence electrons. The summed E-state index contributed by atoms with van der Waals surface area (Å²) < 4.78 is 5.52. The zero-order valence-corrected chi connectivity index (χ0v) is 13.2. The number of hydrogen-bond acceptors (Lipinski definition) is 3. The Labute approximate surface area is 127 Å². The summed E-state index contributed by atoms with van der Waals surface area (Å²) >= 11 is 0. The number of cyclic esters (lactones) is 1. The first-order valence-electron chi connectivity index (χ1n) is 8.36. The van der Waals surface area contributed by atoms with Crippen molar-refractivity contribution in [2.24, 2.45) is 22.9 Å². The predicted octanol–water partition coefficient (Wildman–Crippen LogP) is 4.61. The molecule has 3 atom stereocenters. The van der Waals surface area contributed by atoms with Gasteiger partial charge in [0.2, 0.25) is 0 Å². The van der Waals surface area contributed by atoms with Gasteiger partial charge in [-0.05, 0) is 30.2 Å². The summed E-state index contributed by atoms with van der Waals surface area (Å²) in [6.45, 7) is 4.09.